The molecule has 0 saturated heterocycles. The standard InChI is InChI=1S/C20H23N3O3S2/c1-13-8-9-15(10-14(13)2)28(25,26)23(3)12-19(24)22-20-17(11-21)16-6-4-5-7-18(16)27-20/h8-10H,4-7,12H2,1-3H3,(H,22,24). The van der Waals surface area contributed by atoms with E-state index in [4.69, 9.17) is 0 Å². The molecule has 0 fully saturated rings. The highest BCUT2D eigenvalue weighted by Gasteiger charge is 2.25. The zero-order valence-electron chi connectivity index (χ0n) is 16.2. The molecule has 1 aromatic carbocycles. The second-order valence-electron chi connectivity index (χ2n) is 7.08. The molecule has 0 unspecified atom stereocenters. The van der Waals surface area contributed by atoms with E-state index < -0.39 is 15.9 Å². The van der Waals surface area contributed by atoms with Crippen molar-refractivity contribution in [1.82, 2.24) is 4.31 Å². The lowest BCUT2D eigenvalue weighted by Gasteiger charge is -2.17. The van der Waals surface area contributed by atoms with Gasteiger partial charge in [0.15, 0.2) is 0 Å². The molecule has 1 aliphatic carbocycles. The summed E-state index contributed by atoms with van der Waals surface area (Å²) < 4.78 is 26.6. The number of carbonyl (C=O) groups excluding carboxylic acids is 1. The van der Waals surface area contributed by atoms with Crippen molar-refractivity contribution in [2.45, 2.75) is 44.4 Å². The van der Waals surface area contributed by atoms with Crippen LogP contribution in [-0.2, 0) is 27.7 Å². The third-order valence-electron chi connectivity index (χ3n) is 5.09. The SMILES string of the molecule is Cc1ccc(S(=O)(=O)N(C)CC(=O)Nc2sc3c(c2C#N)CCCC3)cc1C. The second-order valence-corrected chi connectivity index (χ2v) is 10.2. The Morgan fingerprint density at radius 3 is 2.64 bits per heavy atom. The number of carbonyl (C=O) groups is 1. The number of aryl methyl sites for hydroxylation is 3. The maximum atomic E-state index is 12.8. The van der Waals surface area contributed by atoms with Gasteiger partial charge < -0.3 is 5.32 Å². The first-order valence-electron chi connectivity index (χ1n) is 9.12. The predicted molar refractivity (Wildman–Crippen MR) is 110 cm³/mol. The summed E-state index contributed by atoms with van der Waals surface area (Å²) in [6, 6.07) is 7.11. The number of fused-ring (bicyclic) bond motifs is 1. The number of anilines is 1. The number of benzene rings is 1. The first kappa shape index (κ1) is 20.5. The molecule has 1 N–H and O–H groups in total. The summed E-state index contributed by atoms with van der Waals surface area (Å²) in [6.07, 6.45) is 3.91. The molecule has 0 bridgehead atoms. The van der Waals surface area contributed by atoms with Gasteiger partial charge in [0.25, 0.3) is 0 Å². The van der Waals surface area contributed by atoms with Crippen LogP contribution < -0.4 is 5.32 Å². The van der Waals surface area contributed by atoms with Crippen LogP contribution in [0.3, 0.4) is 0 Å². The van der Waals surface area contributed by atoms with E-state index in [0.29, 0.717) is 10.6 Å². The molecular weight excluding hydrogens is 394 g/mol. The number of sulfonamides is 1. The fourth-order valence-corrected chi connectivity index (χ4v) is 5.75. The van der Waals surface area contributed by atoms with E-state index in [1.54, 1.807) is 18.2 Å². The molecule has 0 atom stereocenters. The Balaban J connectivity index is 1.75. The molecule has 1 aliphatic rings. The largest absolute Gasteiger partial charge is 0.315 e. The molecule has 8 heteroatoms. The Morgan fingerprint density at radius 1 is 1.25 bits per heavy atom. The third-order valence-corrected chi connectivity index (χ3v) is 8.10. The molecule has 148 valence electrons. The zero-order chi connectivity index (χ0) is 20.5. The number of thiophene rings is 1. The molecule has 2 aromatic rings. The van der Waals surface area contributed by atoms with Gasteiger partial charge >= 0.3 is 0 Å². The van der Waals surface area contributed by atoms with Gasteiger partial charge in [0, 0.05) is 11.9 Å². The van der Waals surface area contributed by atoms with E-state index in [1.807, 2.05) is 13.8 Å². The normalized spacial score (nSPS) is 13.8. The summed E-state index contributed by atoms with van der Waals surface area (Å²) >= 11 is 1.43. The Bertz CT molecular complexity index is 1070. The van der Waals surface area contributed by atoms with E-state index in [9.17, 15) is 18.5 Å². The number of nitrogens with one attached hydrogen (secondary N) is 1. The van der Waals surface area contributed by atoms with Gasteiger partial charge in [-0.2, -0.15) is 9.57 Å². The summed E-state index contributed by atoms with van der Waals surface area (Å²) in [7, 11) is -2.39. The maximum absolute atomic E-state index is 12.8. The summed E-state index contributed by atoms with van der Waals surface area (Å²) in [6.45, 7) is 3.45. The molecule has 28 heavy (non-hydrogen) atoms. The minimum atomic E-state index is -3.77. The molecule has 6 nitrogen and oxygen atoms in total. The monoisotopic (exact) mass is 417 g/mol. The number of hydrogen-bond donors (Lipinski definition) is 1. The van der Waals surface area contributed by atoms with E-state index in [2.05, 4.69) is 11.4 Å². The van der Waals surface area contributed by atoms with Gasteiger partial charge in [-0.1, -0.05) is 6.07 Å². The van der Waals surface area contributed by atoms with Crippen molar-refractivity contribution in [3.8, 4) is 6.07 Å². The van der Waals surface area contributed by atoms with Crippen LogP contribution in [0.15, 0.2) is 23.1 Å². The van der Waals surface area contributed by atoms with Crippen LogP contribution in [0.5, 0.6) is 0 Å². The minimum absolute atomic E-state index is 0.162. The molecule has 1 aromatic heterocycles. The summed E-state index contributed by atoms with van der Waals surface area (Å²) in [5.74, 6) is -0.454. The van der Waals surface area contributed by atoms with Gasteiger partial charge in [0.2, 0.25) is 15.9 Å². The first-order valence-corrected chi connectivity index (χ1v) is 11.4. The van der Waals surface area contributed by atoms with Crippen LogP contribution in [0.2, 0.25) is 0 Å². The van der Waals surface area contributed by atoms with Crippen molar-refractivity contribution in [3.63, 3.8) is 0 Å². The highest BCUT2D eigenvalue weighted by atomic mass is 32.2. The average Bonchev–Trinajstić information content (AvgIpc) is 3.00. The van der Waals surface area contributed by atoms with Crippen molar-refractivity contribution in [2.75, 3.05) is 18.9 Å². The molecule has 1 amide bonds. The molecular formula is C20H23N3O3S2. The number of likely N-dealkylation sites (N-methyl/N-ethyl adjacent to an activating group) is 1. The number of rotatable bonds is 5. The van der Waals surface area contributed by atoms with E-state index >= 15 is 0 Å². The first-order chi connectivity index (χ1) is 13.2. The van der Waals surface area contributed by atoms with Gasteiger partial charge in [-0.25, -0.2) is 8.42 Å². The molecule has 0 spiro atoms. The quantitative estimate of drug-likeness (QED) is 0.807. The van der Waals surface area contributed by atoms with Gasteiger partial charge in [0.1, 0.15) is 11.1 Å². The Kier molecular flexibility index (Phi) is 5.89. The Labute approximate surface area is 169 Å². The zero-order valence-corrected chi connectivity index (χ0v) is 17.8. The molecule has 0 aliphatic heterocycles. The summed E-state index contributed by atoms with van der Waals surface area (Å²) in [4.78, 5) is 13.8. The number of nitriles is 1. The van der Waals surface area contributed by atoms with Gasteiger partial charge in [0.05, 0.1) is 17.0 Å². The third kappa shape index (κ3) is 3.97. The van der Waals surface area contributed by atoms with Crippen molar-refractivity contribution in [3.05, 3.63) is 45.3 Å². The van der Waals surface area contributed by atoms with Gasteiger partial charge in [-0.05, 0) is 68.4 Å². The average molecular weight is 418 g/mol. The van der Waals surface area contributed by atoms with Crippen LogP contribution >= 0.6 is 11.3 Å². The molecule has 0 saturated carbocycles. The molecule has 1 heterocycles. The lowest BCUT2D eigenvalue weighted by atomic mass is 9.96. The second kappa shape index (κ2) is 8.03. The fraction of sp³-hybridized carbons (Fsp3) is 0.400. The van der Waals surface area contributed by atoms with Crippen molar-refractivity contribution >= 4 is 32.3 Å². The lowest BCUT2D eigenvalue weighted by molar-refractivity contribution is -0.116. The molecule has 0 radical (unpaired) electrons. The topological polar surface area (TPSA) is 90.3 Å². The highest BCUT2D eigenvalue weighted by molar-refractivity contribution is 7.89. The van der Waals surface area contributed by atoms with Crippen LogP contribution in [0.25, 0.3) is 0 Å². The smallest absolute Gasteiger partial charge is 0.243 e. The Hall–Kier alpha value is -2.21. The van der Waals surface area contributed by atoms with Crippen molar-refractivity contribution in [1.29, 1.82) is 5.26 Å². The van der Waals surface area contributed by atoms with Crippen LogP contribution in [0.1, 0.15) is 40.0 Å². The van der Waals surface area contributed by atoms with Crippen LogP contribution in [-0.4, -0.2) is 32.2 Å². The van der Waals surface area contributed by atoms with Crippen LogP contribution in [0, 0.1) is 25.2 Å². The van der Waals surface area contributed by atoms with E-state index in [0.717, 1.165) is 51.6 Å². The predicted octanol–water partition coefficient (Wildman–Crippen LogP) is 3.37. The highest BCUT2D eigenvalue weighted by Crippen LogP contribution is 2.37. The number of hydrogen-bond acceptors (Lipinski definition) is 5. The lowest BCUT2D eigenvalue weighted by Crippen LogP contribution is -2.35. The van der Waals surface area contributed by atoms with Crippen molar-refractivity contribution in [2.24, 2.45) is 0 Å². The van der Waals surface area contributed by atoms with Gasteiger partial charge in [-0.15, -0.1) is 11.3 Å². The number of nitrogens with zero attached hydrogens (tertiary/aromatic N) is 2. The van der Waals surface area contributed by atoms with Crippen LogP contribution in [0.4, 0.5) is 5.00 Å². The van der Waals surface area contributed by atoms with E-state index in [-0.39, 0.29) is 11.4 Å². The van der Waals surface area contributed by atoms with Crippen molar-refractivity contribution < 1.29 is 13.2 Å². The molecule has 3 rings (SSSR count). The minimum Gasteiger partial charge on any atom is -0.315 e. The summed E-state index contributed by atoms with van der Waals surface area (Å²) in [5.41, 5.74) is 3.43. The fourth-order valence-electron chi connectivity index (χ4n) is 3.28. The summed E-state index contributed by atoms with van der Waals surface area (Å²) in [5, 5.41) is 12.8. The maximum Gasteiger partial charge on any atom is 0.243 e. The Morgan fingerprint density at radius 2 is 1.96 bits per heavy atom. The van der Waals surface area contributed by atoms with E-state index in [1.165, 1.54) is 18.4 Å². The number of amides is 1. The van der Waals surface area contributed by atoms with Gasteiger partial charge in [-0.3, -0.25) is 4.79 Å².